The van der Waals surface area contributed by atoms with E-state index in [4.69, 9.17) is 9.47 Å². The van der Waals surface area contributed by atoms with Crippen LogP contribution in [0, 0.1) is 6.92 Å². The summed E-state index contributed by atoms with van der Waals surface area (Å²) in [5.41, 5.74) is 2.48. The minimum absolute atomic E-state index is 0.351. The fourth-order valence-corrected chi connectivity index (χ4v) is 3.48. The van der Waals surface area contributed by atoms with E-state index in [0.29, 0.717) is 19.2 Å². The highest BCUT2D eigenvalue weighted by Crippen LogP contribution is 2.32. The van der Waals surface area contributed by atoms with Gasteiger partial charge in [-0.05, 0) is 18.6 Å². The van der Waals surface area contributed by atoms with Gasteiger partial charge in [0.05, 0.1) is 13.2 Å². The van der Waals surface area contributed by atoms with Crippen LogP contribution >= 0.6 is 0 Å². The van der Waals surface area contributed by atoms with Gasteiger partial charge in [-0.1, -0.05) is 29.8 Å². The number of piperidine rings is 1. The van der Waals surface area contributed by atoms with Gasteiger partial charge in [-0.2, -0.15) is 4.98 Å². The van der Waals surface area contributed by atoms with Crippen LogP contribution in [0.4, 0.5) is 11.8 Å². The van der Waals surface area contributed by atoms with Gasteiger partial charge in [-0.3, -0.25) is 0 Å². The molecule has 0 unspecified atom stereocenters. The lowest BCUT2D eigenvalue weighted by Gasteiger charge is -2.38. The summed E-state index contributed by atoms with van der Waals surface area (Å²) >= 11 is 0. The van der Waals surface area contributed by atoms with E-state index in [-0.39, 0.29) is 5.79 Å². The monoisotopic (exact) mass is 340 g/mol. The summed E-state index contributed by atoms with van der Waals surface area (Å²) in [6.07, 6.45) is 3.57. The molecule has 1 aromatic heterocycles. The number of rotatable bonds is 4. The van der Waals surface area contributed by atoms with Crippen LogP contribution in [0.5, 0.6) is 0 Å². The van der Waals surface area contributed by atoms with Gasteiger partial charge in [0.1, 0.15) is 5.82 Å². The summed E-state index contributed by atoms with van der Waals surface area (Å²) in [5, 5.41) is 3.32. The number of anilines is 2. The maximum Gasteiger partial charge on any atom is 0.224 e. The normalized spacial score (nSPS) is 19.3. The first kappa shape index (κ1) is 16.3. The minimum Gasteiger partial charge on any atom is -0.356 e. The second-order valence-electron chi connectivity index (χ2n) is 6.68. The van der Waals surface area contributed by atoms with Gasteiger partial charge in [0.25, 0.3) is 0 Å². The zero-order valence-electron chi connectivity index (χ0n) is 14.6. The number of ether oxygens (including phenoxy) is 2. The maximum atomic E-state index is 5.79. The molecule has 1 N–H and O–H groups in total. The summed E-state index contributed by atoms with van der Waals surface area (Å²) in [6.45, 7) is 6.00. The molecule has 2 aliphatic rings. The highest BCUT2D eigenvalue weighted by molar-refractivity contribution is 5.43. The average molecular weight is 340 g/mol. The van der Waals surface area contributed by atoms with Crippen molar-refractivity contribution < 1.29 is 9.47 Å². The Morgan fingerprint density at radius 2 is 1.96 bits per heavy atom. The lowest BCUT2D eigenvalue weighted by Crippen LogP contribution is -2.45. The first-order chi connectivity index (χ1) is 12.2. The number of nitrogens with zero attached hydrogens (tertiary/aromatic N) is 3. The third-order valence-corrected chi connectivity index (χ3v) is 4.84. The van der Waals surface area contributed by atoms with Crippen molar-refractivity contribution in [1.82, 2.24) is 9.97 Å². The molecule has 2 fully saturated rings. The second-order valence-corrected chi connectivity index (χ2v) is 6.68. The van der Waals surface area contributed by atoms with Crippen LogP contribution in [0.1, 0.15) is 24.0 Å². The highest BCUT2D eigenvalue weighted by atomic mass is 16.7. The molecule has 0 aliphatic carbocycles. The van der Waals surface area contributed by atoms with E-state index in [0.717, 1.165) is 38.3 Å². The van der Waals surface area contributed by atoms with E-state index < -0.39 is 0 Å². The summed E-state index contributed by atoms with van der Waals surface area (Å²) in [5.74, 6) is 1.26. The molecule has 132 valence electrons. The van der Waals surface area contributed by atoms with Crippen LogP contribution < -0.4 is 10.2 Å². The number of benzene rings is 1. The zero-order valence-corrected chi connectivity index (χ0v) is 14.6. The van der Waals surface area contributed by atoms with E-state index in [1.54, 1.807) is 0 Å². The molecule has 0 radical (unpaired) electrons. The van der Waals surface area contributed by atoms with Crippen molar-refractivity contribution in [1.29, 1.82) is 0 Å². The van der Waals surface area contributed by atoms with Crippen LogP contribution in [-0.4, -0.2) is 42.1 Å². The summed E-state index contributed by atoms with van der Waals surface area (Å²) < 4.78 is 11.6. The van der Waals surface area contributed by atoms with Gasteiger partial charge in [0.15, 0.2) is 5.79 Å². The van der Waals surface area contributed by atoms with Crippen molar-refractivity contribution in [2.45, 2.75) is 32.1 Å². The average Bonchev–Trinajstić information content (AvgIpc) is 3.09. The number of nitrogens with one attached hydrogen (secondary N) is 1. The summed E-state index contributed by atoms with van der Waals surface area (Å²) in [4.78, 5) is 11.3. The van der Waals surface area contributed by atoms with Crippen LogP contribution in [-0.2, 0) is 16.0 Å². The first-order valence-corrected chi connectivity index (χ1v) is 8.88. The molecule has 3 heterocycles. The Morgan fingerprint density at radius 1 is 1.16 bits per heavy atom. The van der Waals surface area contributed by atoms with Crippen molar-refractivity contribution in [3.05, 3.63) is 47.7 Å². The van der Waals surface area contributed by atoms with Crippen molar-refractivity contribution in [3.63, 3.8) is 0 Å². The fourth-order valence-electron chi connectivity index (χ4n) is 3.48. The molecule has 6 nitrogen and oxygen atoms in total. The molecule has 1 spiro atoms. The summed E-state index contributed by atoms with van der Waals surface area (Å²) in [7, 11) is 0. The van der Waals surface area contributed by atoms with Crippen molar-refractivity contribution in [3.8, 4) is 0 Å². The quantitative estimate of drug-likeness (QED) is 0.923. The van der Waals surface area contributed by atoms with Crippen LogP contribution in [0.3, 0.4) is 0 Å². The lowest BCUT2D eigenvalue weighted by atomic mass is 10.0. The molecule has 25 heavy (non-hydrogen) atoms. The third kappa shape index (κ3) is 3.75. The number of hydrogen-bond acceptors (Lipinski definition) is 6. The Balaban J connectivity index is 1.38. The topological polar surface area (TPSA) is 59.5 Å². The molecular formula is C19H24N4O2. The predicted molar refractivity (Wildman–Crippen MR) is 96.6 cm³/mol. The molecule has 0 bridgehead atoms. The molecule has 1 aromatic carbocycles. The van der Waals surface area contributed by atoms with E-state index in [1.165, 1.54) is 11.1 Å². The SMILES string of the molecule is Cc1cccc(CNc2nccc(N3CCC4(CC3)OCCO4)n2)c1. The molecule has 2 aromatic rings. The molecule has 2 aliphatic heterocycles. The Labute approximate surface area is 148 Å². The number of aryl methyl sites for hydroxylation is 1. The molecule has 6 heteroatoms. The van der Waals surface area contributed by atoms with Gasteiger partial charge in [0, 0.05) is 38.7 Å². The number of hydrogen-bond donors (Lipinski definition) is 1. The third-order valence-electron chi connectivity index (χ3n) is 4.84. The number of aromatic nitrogens is 2. The minimum atomic E-state index is -0.351. The van der Waals surface area contributed by atoms with Gasteiger partial charge >= 0.3 is 0 Å². The fraction of sp³-hybridized carbons (Fsp3) is 0.474. The molecule has 4 rings (SSSR count). The largest absolute Gasteiger partial charge is 0.356 e. The lowest BCUT2D eigenvalue weighted by molar-refractivity contribution is -0.169. The van der Waals surface area contributed by atoms with Crippen LogP contribution in [0.25, 0.3) is 0 Å². The maximum absolute atomic E-state index is 5.79. The van der Waals surface area contributed by atoms with Crippen LogP contribution in [0.15, 0.2) is 36.5 Å². The Hall–Kier alpha value is -2.18. The Kier molecular flexibility index (Phi) is 4.55. The van der Waals surface area contributed by atoms with Gasteiger partial charge < -0.3 is 19.7 Å². The molecule has 0 amide bonds. The van der Waals surface area contributed by atoms with E-state index in [9.17, 15) is 0 Å². The predicted octanol–water partition coefficient (Wildman–Crippen LogP) is 2.74. The van der Waals surface area contributed by atoms with Gasteiger partial charge in [-0.25, -0.2) is 4.98 Å². The van der Waals surface area contributed by atoms with Crippen molar-refractivity contribution in [2.75, 3.05) is 36.5 Å². The van der Waals surface area contributed by atoms with Crippen molar-refractivity contribution in [2.24, 2.45) is 0 Å². The second kappa shape index (κ2) is 6.98. The first-order valence-electron chi connectivity index (χ1n) is 8.88. The molecule has 0 atom stereocenters. The van der Waals surface area contributed by atoms with E-state index in [2.05, 4.69) is 51.4 Å². The van der Waals surface area contributed by atoms with Crippen LogP contribution in [0.2, 0.25) is 0 Å². The molecule has 2 saturated heterocycles. The molecular weight excluding hydrogens is 316 g/mol. The van der Waals surface area contributed by atoms with Crippen molar-refractivity contribution >= 4 is 11.8 Å². The summed E-state index contributed by atoms with van der Waals surface area (Å²) in [6, 6.07) is 10.4. The van der Waals surface area contributed by atoms with Gasteiger partial charge in [-0.15, -0.1) is 0 Å². The van der Waals surface area contributed by atoms with Gasteiger partial charge in [0.2, 0.25) is 5.95 Å². The Morgan fingerprint density at radius 3 is 2.72 bits per heavy atom. The smallest absolute Gasteiger partial charge is 0.224 e. The van der Waals surface area contributed by atoms with E-state index >= 15 is 0 Å². The standard InChI is InChI=1S/C19H24N4O2/c1-15-3-2-4-16(13-15)14-21-18-20-8-5-17(22-18)23-9-6-19(7-10-23)24-11-12-25-19/h2-5,8,13H,6-7,9-12,14H2,1H3,(H,20,21,22). The highest BCUT2D eigenvalue weighted by Gasteiger charge is 2.40. The van der Waals surface area contributed by atoms with E-state index in [1.807, 2.05) is 12.3 Å². The zero-order chi connectivity index (χ0) is 17.1. The molecule has 0 saturated carbocycles. The Bertz CT molecular complexity index is 721.